The lowest BCUT2D eigenvalue weighted by Crippen LogP contribution is -2.13. The van der Waals surface area contributed by atoms with Gasteiger partial charge in [0.15, 0.2) is 11.6 Å². The molecule has 0 amide bonds. The van der Waals surface area contributed by atoms with E-state index in [0.717, 1.165) is 36.8 Å². The molecule has 0 radical (unpaired) electrons. The fourth-order valence-corrected chi connectivity index (χ4v) is 3.62. The molecule has 1 aliphatic rings. The summed E-state index contributed by atoms with van der Waals surface area (Å²) in [5.74, 6) is -1.10. The van der Waals surface area contributed by atoms with Gasteiger partial charge in [0.25, 0.3) is 0 Å². The summed E-state index contributed by atoms with van der Waals surface area (Å²) in [6.45, 7) is 3.44. The number of hydrogen-bond donors (Lipinski definition) is 0. The smallest absolute Gasteiger partial charge is 0.166 e. The van der Waals surface area contributed by atoms with Gasteiger partial charge in [-0.2, -0.15) is 0 Å². The molecular formula is C22H23F3. The molecule has 3 heteroatoms. The van der Waals surface area contributed by atoms with E-state index < -0.39 is 11.6 Å². The predicted molar refractivity (Wildman–Crippen MR) is 96.0 cm³/mol. The van der Waals surface area contributed by atoms with Crippen molar-refractivity contribution < 1.29 is 13.2 Å². The first-order valence-corrected chi connectivity index (χ1v) is 8.84. The van der Waals surface area contributed by atoms with E-state index in [9.17, 15) is 13.2 Å². The van der Waals surface area contributed by atoms with Crippen molar-refractivity contribution in [2.24, 2.45) is 5.92 Å². The maximum Gasteiger partial charge on any atom is 0.166 e. The van der Waals surface area contributed by atoms with Gasteiger partial charge in [-0.15, -0.1) is 0 Å². The molecule has 0 heterocycles. The van der Waals surface area contributed by atoms with E-state index in [1.54, 1.807) is 31.2 Å². The summed E-state index contributed by atoms with van der Waals surface area (Å²) in [6, 6.07) is 8.65. The van der Waals surface area contributed by atoms with E-state index in [1.807, 2.05) is 25.1 Å². The molecular weight excluding hydrogens is 321 g/mol. The van der Waals surface area contributed by atoms with Gasteiger partial charge in [0, 0.05) is 5.56 Å². The number of aryl methyl sites for hydroxylation is 2. The summed E-state index contributed by atoms with van der Waals surface area (Å²) in [7, 11) is 0. The van der Waals surface area contributed by atoms with Crippen LogP contribution < -0.4 is 0 Å². The second kappa shape index (κ2) is 7.47. The quantitative estimate of drug-likeness (QED) is 0.580. The van der Waals surface area contributed by atoms with Crippen molar-refractivity contribution in [3.63, 3.8) is 0 Å². The van der Waals surface area contributed by atoms with Crippen LogP contribution >= 0.6 is 0 Å². The second-order valence-corrected chi connectivity index (χ2v) is 7.10. The largest absolute Gasteiger partial charge is 0.207 e. The highest BCUT2D eigenvalue weighted by molar-refractivity contribution is 5.51. The van der Waals surface area contributed by atoms with Crippen LogP contribution in [0.2, 0.25) is 0 Å². The highest BCUT2D eigenvalue weighted by atomic mass is 19.2. The number of allylic oxidation sites excluding steroid dienone is 1. The number of hydrogen-bond acceptors (Lipinski definition) is 0. The molecule has 132 valence electrons. The highest BCUT2D eigenvalue weighted by Crippen LogP contribution is 2.37. The Balaban J connectivity index is 1.64. The Hall–Kier alpha value is -2.03. The lowest BCUT2D eigenvalue weighted by molar-refractivity contribution is 0.369. The summed E-state index contributed by atoms with van der Waals surface area (Å²) < 4.78 is 41.7. The zero-order chi connectivity index (χ0) is 18.0. The Morgan fingerprint density at radius 3 is 2.28 bits per heavy atom. The first kappa shape index (κ1) is 17.8. The van der Waals surface area contributed by atoms with Gasteiger partial charge in [0.1, 0.15) is 5.82 Å². The maximum absolute atomic E-state index is 14.1. The third kappa shape index (κ3) is 3.97. The van der Waals surface area contributed by atoms with Crippen molar-refractivity contribution in [3.05, 3.63) is 76.1 Å². The van der Waals surface area contributed by atoms with Crippen molar-refractivity contribution >= 4 is 6.08 Å². The van der Waals surface area contributed by atoms with Crippen molar-refractivity contribution in [2.75, 3.05) is 0 Å². The van der Waals surface area contributed by atoms with Crippen LogP contribution in [0.1, 0.15) is 53.9 Å². The predicted octanol–water partition coefficient (Wildman–Crippen LogP) is 6.71. The SMILES string of the molecule is Cc1ccc(C2CCC(/C=C/c3ccc(C)c(F)c3F)CC2)c(F)c1. The molecule has 0 aliphatic heterocycles. The van der Waals surface area contributed by atoms with Gasteiger partial charge in [-0.25, -0.2) is 13.2 Å². The minimum atomic E-state index is -0.785. The first-order valence-electron chi connectivity index (χ1n) is 8.84. The molecule has 0 spiro atoms. The molecule has 0 nitrogen and oxygen atoms in total. The molecule has 0 bridgehead atoms. The third-order valence-corrected chi connectivity index (χ3v) is 5.22. The molecule has 1 saturated carbocycles. The van der Waals surface area contributed by atoms with Gasteiger partial charge in [-0.05, 0) is 74.1 Å². The molecule has 0 N–H and O–H groups in total. The molecule has 0 saturated heterocycles. The summed E-state index contributed by atoms with van der Waals surface area (Å²) in [5, 5.41) is 0. The standard InChI is InChI=1S/C22H23F3/c1-14-3-12-19(20(23)13-14)17-9-5-16(6-10-17)7-11-18-8-4-15(2)21(24)22(18)25/h3-4,7-8,11-13,16-17H,5-6,9-10H2,1-2H3/b11-7+. The number of halogens is 3. The molecule has 2 aromatic carbocycles. The second-order valence-electron chi connectivity index (χ2n) is 7.10. The van der Waals surface area contributed by atoms with Crippen molar-refractivity contribution in [2.45, 2.75) is 45.4 Å². The van der Waals surface area contributed by atoms with E-state index >= 15 is 0 Å². The van der Waals surface area contributed by atoms with Crippen LogP contribution in [0.5, 0.6) is 0 Å². The summed E-state index contributed by atoms with van der Waals surface area (Å²) in [5.41, 5.74) is 2.34. The van der Waals surface area contributed by atoms with Crippen molar-refractivity contribution in [3.8, 4) is 0 Å². The molecule has 1 aliphatic carbocycles. The number of rotatable bonds is 3. The normalized spacial score (nSPS) is 21.0. The van der Waals surface area contributed by atoms with Crippen LogP contribution in [-0.4, -0.2) is 0 Å². The average molecular weight is 344 g/mol. The summed E-state index contributed by atoms with van der Waals surface area (Å²) >= 11 is 0. The van der Waals surface area contributed by atoms with E-state index in [4.69, 9.17) is 0 Å². The minimum Gasteiger partial charge on any atom is -0.207 e. The van der Waals surface area contributed by atoms with E-state index in [2.05, 4.69) is 0 Å². The fraction of sp³-hybridized carbons (Fsp3) is 0.364. The van der Waals surface area contributed by atoms with Gasteiger partial charge >= 0.3 is 0 Å². The maximum atomic E-state index is 14.1. The van der Waals surface area contributed by atoms with Gasteiger partial charge in [0.05, 0.1) is 0 Å². The number of benzene rings is 2. The summed E-state index contributed by atoms with van der Waals surface area (Å²) in [4.78, 5) is 0. The highest BCUT2D eigenvalue weighted by Gasteiger charge is 2.23. The first-order chi connectivity index (χ1) is 12.0. The van der Waals surface area contributed by atoms with Gasteiger partial charge < -0.3 is 0 Å². The molecule has 0 unspecified atom stereocenters. The molecule has 0 aromatic heterocycles. The van der Waals surface area contributed by atoms with Crippen LogP contribution in [-0.2, 0) is 0 Å². The lowest BCUT2D eigenvalue weighted by Gasteiger charge is -2.27. The summed E-state index contributed by atoms with van der Waals surface area (Å²) in [6.07, 6.45) is 7.35. The van der Waals surface area contributed by atoms with Gasteiger partial charge in [0.2, 0.25) is 0 Å². The van der Waals surface area contributed by atoms with E-state index in [0.29, 0.717) is 11.5 Å². The Bertz CT molecular complexity index is 784. The van der Waals surface area contributed by atoms with Gasteiger partial charge in [-0.3, -0.25) is 0 Å². The zero-order valence-corrected chi connectivity index (χ0v) is 14.7. The Kier molecular flexibility index (Phi) is 5.31. The molecule has 25 heavy (non-hydrogen) atoms. The Labute approximate surface area is 147 Å². The Morgan fingerprint density at radius 2 is 1.60 bits per heavy atom. The fourth-order valence-electron chi connectivity index (χ4n) is 3.62. The van der Waals surface area contributed by atoms with Crippen molar-refractivity contribution in [1.82, 2.24) is 0 Å². The lowest BCUT2D eigenvalue weighted by atomic mass is 9.78. The van der Waals surface area contributed by atoms with Gasteiger partial charge in [-0.1, -0.05) is 36.4 Å². The third-order valence-electron chi connectivity index (χ3n) is 5.22. The minimum absolute atomic E-state index is 0.115. The van der Waals surface area contributed by atoms with Crippen LogP contribution in [0.15, 0.2) is 36.4 Å². The Morgan fingerprint density at radius 1 is 0.880 bits per heavy atom. The van der Waals surface area contributed by atoms with Crippen molar-refractivity contribution in [1.29, 1.82) is 0 Å². The zero-order valence-electron chi connectivity index (χ0n) is 14.7. The average Bonchev–Trinajstić information content (AvgIpc) is 2.60. The molecule has 2 aromatic rings. The van der Waals surface area contributed by atoms with Crippen LogP contribution in [0.4, 0.5) is 13.2 Å². The van der Waals surface area contributed by atoms with Crippen LogP contribution in [0, 0.1) is 37.2 Å². The molecule has 1 fully saturated rings. The monoisotopic (exact) mass is 344 g/mol. The van der Waals surface area contributed by atoms with E-state index in [1.165, 1.54) is 0 Å². The topological polar surface area (TPSA) is 0 Å². The van der Waals surface area contributed by atoms with E-state index in [-0.39, 0.29) is 17.3 Å². The van der Waals surface area contributed by atoms with Crippen LogP contribution in [0.25, 0.3) is 6.08 Å². The molecule has 0 atom stereocenters. The molecule has 3 rings (SSSR count). The van der Waals surface area contributed by atoms with Crippen LogP contribution in [0.3, 0.4) is 0 Å².